The smallest absolute Gasteiger partial charge is 0.263 e. The quantitative estimate of drug-likeness (QED) is 0.832. The number of rotatable bonds is 3. The molecule has 0 radical (unpaired) electrons. The van der Waals surface area contributed by atoms with Crippen LogP contribution < -0.4 is 11.1 Å². The molecule has 0 fully saturated rings. The summed E-state index contributed by atoms with van der Waals surface area (Å²) in [6, 6.07) is 5.83. The Kier molecular flexibility index (Phi) is 4.27. The maximum absolute atomic E-state index is 12.1. The summed E-state index contributed by atoms with van der Waals surface area (Å²) in [6.07, 6.45) is 1.97. The maximum Gasteiger partial charge on any atom is 0.263 e. The molecule has 19 heavy (non-hydrogen) atoms. The summed E-state index contributed by atoms with van der Waals surface area (Å²) >= 11 is 4.88. The average molecular weight is 339 g/mol. The molecular weight excluding hydrogens is 324 g/mol. The third-order valence-corrected chi connectivity index (χ3v) is 4.51. The normalized spacial score (nSPS) is 10.5. The monoisotopic (exact) mass is 338 g/mol. The van der Waals surface area contributed by atoms with Gasteiger partial charge in [0.05, 0.1) is 5.69 Å². The van der Waals surface area contributed by atoms with Crippen molar-refractivity contribution in [3.63, 3.8) is 0 Å². The number of nitrogen functional groups attached to an aromatic ring is 1. The zero-order chi connectivity index (χ0) is 14.0. The molecule has 0 aliphatic rings. The van der Waals surface area contributed by atoms with Crippen molar-refractivity contribution in [2.75, 3.05) is 12.3 Å². The molecule has 0 spiro atoms. The van der Waals surface area contributed by atoms with Gasteiger partial charge in [0, 0.05) is 21.1 Å². The lowest BCUT2D eigenvalue weighted by Gasteiger charge is -2.01. The van der Waals surface area contributed by atoms with E-state index in [1.54, 1.807) is 0 Å². The lowest BCUT2D eigenvalue weighted by Crippen LogP contribution is -2.23. The second kappa shape index (κ2) is 5.75. The summed E-state index contributed by atoms with van der Waals surface area (Å²) in [5.74, 6) is -0.122. The van der Waals surface area contributed by atoms with Crippen LogP contribution in [0.1, 0.15) is 23.5 Å². The average Bonchev–Trinajstić information content (AvgIpc) is 2.67. The van der Waals surface area contributed by atoms with Crippen molar-refractivity contribution in [3.05, 3.63) is 39.2 Å². The number of thiophene rings is 1. The molecule has 100 valence electrons. The number of amides is 1. The van der Waals surface area contributed by atoms with Crippen molar-refractivity contribution in [3.8, 4) is 0 Å². The number of hydrogen-bond donors (Lipinski definition) is 2. The van der Waals surface area contributed by atoms with Crippen molar-refractivity contribution in [1.29, 1.82) is 0 Å². The zero-order valence-corrected chi connectivity index (χ0v) is 13.2. The molecule has 1 aromatic heterocycles. The Morgan fingerprint density at radius 1 is 1.47 bits per heavy atom. The van der Waals surface area contributed by atoms with E-state index in [1.807, 2.05) is 38.1 Å². The lowest BCUT2D eigenvalue weighted by molar-refractivity contribution is 0.0963. The van der Waals surface area contributed by atoms with Crippen LogP contribution in [-0.2, 0) is 0 Å². The highest BCUT2D eigenvalue weighted by Crippen LogP contribution is 2.37. The second-order valence-electron chi connectivity index (χ2n) is 4.45. The minimum absolute atomic E-state index is 0.122. The van der Waals surface area contributed by atoms with E-state index in [0.717, 1.165) is 14.6 Å². The van der Waals surface area contributed by atoms with Gasteiger partial charge in [-0.3, -0.25) is 4.79 Å². The molecule has 2 rings (SSSR count). The first-order chi connectivity index (χ1) is 9.00. The summed E-state index contributed by atoms with van der Waals surface area (Å²) in [5.41, 5.74) is 7.79. The molecule has 1 heterocycles. The van der Waals surface area contributed by atoms with Gasteiger partial charge in [-0.05, 0) is 26.0 Å². The molecule has 1 amide bonds. The van der Waals surface area contributed by atoms with Gasteiger partial charge in [0.2, 0.25) is 0 Å². The topological polar surface area (TPSA) is 55.1 Å². The Balaban J connectivity index is 2.30. The first-order valence-corrected chi connectivity index (χ1v) is 7.49. The predicted octanol–water partition coefficient (Wildman–Crippen LogP) is 3.94. The molecular formula is C14H15BrN2OS. The van der Waals surface area contributed by atoms with Crippen LogP contribution in [0, 0.1) is 0 Å². The molecule has 3 nitrogen and oxygen atoms in total. The van der Waals surface area contributed by atoms with Crippen molar-refractivity contribution < 1.29 is 4.79 Å². The molecule has 0 saturated heterocycles. The van der Waals surface area contributed by atoms with Crippen LogP contribution in [0.25, 0.3) is 10.1 Å². The molecule has 0 atom stereocenters. The fourth-order valence-corrected chi connectivity index (χ4v) is 3.50. The minimum Gasteiger partial charge on any atom is -0.397 e. The van der Waals surface area contributed by atoms with Gasteiger partial charge in [0.1, 0.15) is 4.88 Å². The molecule has 0 saturated carbocycles. The van der Waals surface area contributed by atoms with Gasteiger partial charge in [-0.25, -0.2) is 0 Å². The number of fused-ring (bicyclic) bond motifs is 1. The van der Waals surface area contributed by atoms with Crippen molar-refractivity contribution in [2.24, 2.45) is 0 Å². The lowest BCUT2D eigenvalue weighted by atomic mass is 10.2. The van der Waals surface area contributed by atoms with Crippen LogP contribution in [0.5, 0.6) is 0 Å². The Hall–Kier alpha value is -1.33. The number of halogens is 1. The Bertz CT molecular complexity index is 657. The van der Waals surface area contributed by atoms with Crippen molar-refractivity contribution in [1.82, 2.24) is 5.32 Å². The van der Waals surface area contributed by atoms with E-state index in [0.29, 0.717) is 17.1 Å². The van der Waals surface area contributed by atoms with Gasteiger partial charge in [-0.2, -0.15) is 0 Å². The maximum atomic E-state index is 12.1. The second-order valence-corrected chi connectivity index (χ2v) is 6.36. The molecule has 0 aliphatic heterocycles. The van der Waals surface area contributed by atoms with Crippen LogP contribution in [-0.4, -0.2) is 12.5 Å². The first kappa shape index (κ1) is 14.1. The SMILES string of the molecule is CC(C)=CCNC(=O)c1sc2cccc(Br)c2c1N. The standard InChI is InChI=1S/C14H15BrN2OS/c1-8(2)6-7-17-14(18)13-12(16)11-9(15)4-3-5-10(11)19-13/h3-6H,7,16H2,1-2H3,(H,17,18). The third kappa shape index (κ3) is 2.98. The predicted molar refractivity (Wildman–Crippen MR) is 85.7 cm³/mol. The highest BCUT2D eigenvalue weighted by atomic mass is 79.9. The molecule has 5 heteroatoms. The van der Waals surface area contributed by atoms with Gasteiger partial charge in [0.25, 0.3) is 5.91 Å². The molecule has 2 aromatic rings. The number of nitrogens with two attached hydrogens (primary N) is 1. The number of carbonyl (C=O) groups excluding carboxylic acids is 1. The van der Waals surface area contributed by atoms with E-state index in [9.17, 15) is 4.79 Å². The van der Waals surface area contributed by atoms with E-state index in [2.05, 4.69) is 21.2 Å². The first-order valence-electron chi connectivity index (χ1n) is 5.88. The fourth-order valence-electron chi connectivity index (χ4n) is 1.73. The van der Waals surface area contributed by atoms with Crippen LogP contribution in [0.2, 0.25) is 0 Å². The zero-order valence-electron chi connectivity index (χ0n) is 10.8. The summed E-state index contributed by atoms with van der Waals surface area (Å²) in [5, 5.41) is 3.77. The van der Waals surface area contributed by atoms with Crippen LogP contribution in [0.3, 0.4) is 0 Å². The highest BCUT2D eigenvalue weighted by Gasteiger charge is 2.17. The fraction of sp³-hybridized carbons (Fsp3) is 0.214. The highest BCUT2D eigenvalue weighted by molar-refractivity contribution is 9.10. The van der Waals surface area contributed by atoms with Gasteiger partial charge in [0.15, 0.2) is 0 Å². The van der Waals surface area contributed by atoms with Gasteiger partial charge in [-0.1, -0.05) is 33.6 Å². The third-order valence-electron chi connectivity index (χ3n) is 2.68. The van der Waals surface area contributed by atoms with Crippen molar-refractivity contribution in [2.45, 2.75) is 13.8 Å². The largest absolute Gasteiger partial charge is 0.397 e. The number of nitrogens with one attached hydrogen (secondary N) is 1. The molecule has 3 N–H and O–H groups in total. The van der Waals surface area contributed by atoms with E-state index in [-0.39, 0.29) is 5.91 Å². The van der Waals surface area contributed by atoms with E-state index < -0.39 is 0 Å². The minimum atomic E-state index is -0.122. The van der Waals surface area contributed by atoms with Crippen molar-refractivity contribution >= 4 is 48.9 Å². The van der Waals surface area contributed by atoms with Gasteiger partial charge >= 0.3 is 0 Å². The molecule has 1 aromatic carbocycles. The summed E-state index contributed by atoms with van der Waals surface area (Å²) < 4.78 is 1.93. The van der Waals surface area contributed by atoms with Gasteiger partial charge in [-0.15, -0.1) is 11.3 Å². The molecule has 0 unspecified atom stereocenters. The Labute approximate surface area is 124 Å². The van der Waals surface area contributed by atoms with E-state index in [4.69, 9.17) is 5.73 Å². The summed E-state index contributed by atoms with van der Waals surface area (Å²) in [6.45, 7) is 4.52. The molecule has 0 bridgehead atoms. The van der Waals surface area contributed by atoms with E-state index >= 15 is 0 Å². The molecule has 0 aliphatic carbocycles. The summed E-state index contributed by atoms with van der Waals surface area (Å²) in [7, 11) is 0. The van der Waals surface area contributed by atoms with E-state index in [1.165, 1.54) is 16.9 Å². The Morgan fingerprint density at radius 3 is 2.84 bits per heavy atom. The summed E-state index contributed by atoms with van der Waals surface area (Å²) in [4.78, 5) is 12.7. The number of allylic oxidation sites excluding steroid dienone is 1. The number of carbonyl (C=O) groups is 1. The number of hydrogen-bond acceptors (Lipinski definition) is 3. The van der Waals surface area contributed by atoms with Crippen LogP contribution >= 0.6 is 27.3 Å². The Morgan fingerprint density at radius 2 is 2.21 bits per heavy atom. The van der Waals surface area contributed by atoms with Crippen LogP contribution in [0.4, 0.5) is 5.69 Å². The van der Waals surface area contributed by atoms with Crippen LogP contribution in [0.15, 0.2) is 34.3 Å². The van der Waals surface area contributed by atoms with Gasteiger partial charge < -0.3 is 11.1 Å². The number of benzene rings is 1. The number of anilines is 1.